The molecule has 627 valence electrons. The number of rotatable bonds is 22. The molecule has 7 rings (SSSR count). The van der Waals surface area contributed by atoms with Gasteiger partial charge in [0, 0.05) is 99.6 Å². The fourth-order valence-corrected chi connectivity index (χ4v) is 10.4. The summed E-state index contributed by atoms with van der Waals surface area (Å²) in [6.45, 7) is 18.7. The molecule has 0 atom stereocenters. The number of nitrogens with two attached hydrogens (primary N) is 1. The van der Waals surface area contributed by atoms with E-state index in [1.807, 2.05) is 0 Å². The van der Waals surface area contributed by atoms with Gasteiger partial charge < -0.3 is 78.2 Å². The summed E-state index contributed by atoms with van der Waals surface area (Å²) in [5.41, 5.74) is -0.179. The minimum Gasteiger partial charge on any atom is -0.684 e. The second-order valence-electron chi connectivity index (χ2n) is 24.4. The molecule has 0 aliphatic carbocycles. The van der Waals surface area contributed by atoms with Crippen LogP contribution < -0.4 is 16.6 Å². The van der Waals surface area contributed by atoms with E-state index in [1.54, 1.807) is 46.6 Å². The van der Waals surface area contributed by atoms with Crippen molar-refractivity contribution in [3.63, 3.8) is 0 Å². The molecule has 0 unspecified atom stereocenters. The number of pyridine rings is 2. The number of aromatic carboxylic acids is 3. The van der Waals surface area contributed by atoms with Crippen LogP contribution in [0.5, 0.6) is 0 Å². The SMILES string of the molecule is CC#N.CCOC(=O)C(C=NCP(C)(C)=O)=C(O)c1cc(F)c(F)cc1F.CCOC(=O)CC(=O)O.CCOC(=O)CC(=O)c1cc(F)c(F)cc1F.CP(C)(=O)CN.CP(C)(=O)Cn1cc(C(=O)O)c(=O)c2cc(F)c(F)cc21.C[N-]c1cc2c(cc1F)c(=O)c(C(=O)O)cn2CP(C)(C)=O.O=C(O)c1cc(F)c(F)cc1F.[Y]. The number of carbonyl (C=O) groups is 8. The van der Waals surface area contributed by atoms with Gasteiger partial charge in [0.15, 0.2) is 52.3 Å². The first-order chi connectivity index (χ1) is 52.4. The Kier molecular flexibility index (Phi) is 45.8. The molecule has 7 N–H and O–H groups in total. The number of nitriles is 1. The number of nitrogens with zero attached hydrogens (tertiary/aromatic N) is 5. The van der Waals surface area contributed by atoms with E-state index >= 15 is 0 Å². The normalized spacial score (nSPS) is 11.0. The van der Waals surface area contributed by atoms with Crippen molar-refractivity contribution in [2.24, 2.45) is 10.7 Å². The van der Waals surface area contributed by atoms with Gasteiger partial charge in [0.2, 0.25) is 10.9 Å². The first kappa shape index (κ1) is 107. The molecule has 28 nitrogen and oxygen atoms in total. The number of halogens is 12. The third kappa shape index (κ3) is 38.0. The van der Waals surface area contributed by atoms with Gasteiger partial charge in [0.25, 0.3) is 0 Å². The molecule has 0 saturated carbocycles. The number of aliphatic hydroxyl groups is 1. The van der Waals surface area contributed by atoms with Crippen LogP contribution in [0.1, 0.15) is 87.5 Å². The van der Waals surface area contributed by atoms with Crippen molar-refractivity contribution in [1.82, 2.24) is 9.13 Å². The van der Waals surface area contributed by atoms with E-state index in [0.717, 1.165) is 30.7 Å². The van der Waals surface area contributed by atoms with Crippen LogP contribution in [0, 0.1) is 81.1 Å². The third-order valence-electron chi connectivity index (χ3n) is 12.8. The van der Waals surface area contributed by atoms with E-state index in [1.165, 1.54) is 62.8 Å². The Morgan fingerprint density at radius 1 is 0.487 bits per heavy atom. The maximum atomic E-state index is 13.9. The summed E-state index contributed by atoms with van der Waals surface area (Å²) in [7, 11) is -8.18. The van der Waals surface area contributed by atoms with Crippen LogP contribution in [0.2, 0.25) is 0 Å². The molecule has 2 aromatic heterocycles. The molecule has 0 saturated heterocycles. The van der Waals surface area contributed by atoms with E-state index in [0.29, 0.717) is 36.1 Å². The number of ether oxygens (including phenoxy) is 3. The number of carboxylic acid groups (broad SMARTS) is 4. The van der Waals surface area contributed by atoms with Crippen molar-refractivity contribution in [2.75, 3.05) is 92.8 Å². The third-order valence-corrected chi connectivity index (χ3v) is 16.5. The van der Waals surface area contributed by atoms with Gasteiger partial charge in [-0.15, -0.1) is 12.7 Å². The molecular weight excluding hydrogens is 1720 g/mol. The number of carbonyl (C=O) groups excluding carboxylic acids is 4. The van der Waals surface area contributed by atoms with Crippen LogP contribution in [0.25, 0.3) is 32.9 Å². The number of carboxylic acids is 4. The largest absolute Gasteiger partial charge is 0.684 e. The number of Topliss-reactive ketones (excluding diaryl/α,β-unsaturated/α-hetero) is 1. The molecule has 0 bridgehead atoms. The van der Waals surface area contributed by atoms with E-state index in [9.17, 15) is 124 Å². The van der Waals surface area contributed by atoms with Crippen molar-refractivity contribution >= 4 is 116 Å². The molecular formula is C70H77F12N6O22P4Y-. The monoisotopic (exact) mass is 1790 g/mol. The molecule has 5 aromatic carbocycles. The quantitative estimate of drug-likeness (QED) is 0.00351. The van der Waals surface area contributed by atoms with Crippen LogP contribution in [-0.2, 0) is 96.9 Å². The van der Waals surface area contributed by atoms with Gasteiger partial charge >= 0.3 is 41.8 Å². The smallest absolute Gasteiger partial charge is 0.343 e. The standard InChI is InChI=1S/C15H17F3NO4P.C14H16FN2O4P.C13H12F2NO4P.C11H9F3O3.C7H3F3O2.C5H8O4.C3H10NOP.C2H3N.Y/c1-4-23-15(21)10(7-19-8-24(2,3)22)14(20)9-5-12(17)13(18)6-11(9)16;1-16-11-5-12-8(4-10(11)15)13(18)9(14(19)20)6-17(12)7-22(2,3)21;1-21(2,20)6-16-5-8(13(18)19)12(17)7-3-9(14)10(15)4-11(7)16;1-2-17-11(16)5-10(15)6-3-8(13)9(14)4-7(6)12;8-4-2-6(10)5(9)1-3(4)7(11)12;1-2-9-5(8)3-4(6)7;1-6(2,5)3-4;1-2-3;/h5-7,20H,4,8H2,1-3H3;4-6H,7H2,1-3H3,(H2,16,18,19,20);3-5H,6H2,1-2H3,(H,18,19);3-4H,2,5H2,1H3;1-2H,(H,11,12);2-3H2,1H3,(H,6,7);3-4H2,1-2H3;1H3;/p-1. The molecule has 0 spiro atoms. The zero-order valence-corrected chi connectivity index (χ0v) is 69.7. The Balaban J connectivity index is 0. The number of aliphatic hydroxyl groups excluding tert-OH is 1. The van der Waals surface area contributed by atoms with E-state index in [-0.39, 0.29) is 112 Å². The molecule has 1 radical (unpaired) electrons. The molecule has 0 aliphatic rings. The fourth-order valence-electron chi connectivity index (χ4n) is 8.02. The van der Waals surface area contributed by atoms with E-state index in [4.69, 9.17) is 36.2 Å². The second-order valence-corrected chi connectivity index (χ2v) is 38.2. The van der Waals surface area contributed by atoms with Crippen LogP contribution in [0.3, 0.4) is 0 Å². The summed E-state index contributed by atoms with van der Waals surface area (Å²) >= 11 is 0. The van der Waals surface area contributed by atoms with Crippen LogP contribution in [0.4, 0.5) is 58.4 Å². The van der Waals surface area contributed by atoms with Crippen molar-refractivity contribution in [3.8, 4) is 6.07 Å². The van der Waals surface area contributed by atoms with Gasteiger partial charge in [0.1, 0.15) is 80.0 Å². The van der Waals surface area contributed by atoms with Gasteiger partial charge in [-0.25, -0.2) is 71.9 Å². The topological polar surface area (TPSA) is 454 Å². The van der Waals surface area contributed by atoms with Crippen molar-refractivity contribution in [2.45, 2.75) is 53.1 Å². The number of benzene rings is 5. The van der Waals surface area contributed by atoms with Crippen LogP contribution in [0.15, 0.2) is 93.2 Å². The number of aliphatic carboxylic acids is 1. The van der Waals surface area contributed by atoms with Crippen molar-refractivity contribution in [1.29, 1.82) is 5.26 Å². The van der Waals surface area contributed by atoms with Gasteiger partial charge in [-0.05, 0) is 110 Å². The van der Waals surface area contributed by atoms with Crippen molar-refractivity contribution in [3.05, 3.63) is 202 Å². The first-order valence-electron chi connectivity index (χ1n) is 31.9. The Morgan fingerprint density at radius 2 is 0.817 bits per heavy atom. The van der Waals surface area contributed by atoms with E-state index < -0.39 is 209 Å². The summed E-state index contributed by atoms with van der Waals surface area (Å²) in [6.07, 6.45) is 1.91. The molecule has 7 aromatic rings. The van der Waals surface area contributed by atoms with Crippen molar-refractivity contribution < 1.29 is 182 Å². The number of aromatic nitrogens is 2. The first-order valence-corrected chi connectivity index (χ1v) is 43.0. The number of esters is 3. The molecule has 0 fully saturated rings. The predicted molar refractivity (Wildman–Crippen MR) is 397 cm³/mol. The van der Waals surface area contributed by atoms with E-state index in [2.05, 4.69) is 19.8 Å². The van der Waals surface area contributed by atoms with Gasteiger partial charge in [-0.3, -0.25) is 33.8 Å². The summed E-state index contributed by atoms with van der Waals surface area (Å²) in [5, 5.41) is 55.3. The molecule has 45 heteroatoms. The maximum Gasteiger partial charge on any atom is 0.343 e. The minimum atomic E-state index is -2.63. The average molecular weight is 1800 g/mol. The van der Waals surface area contributed by atoms with Gasteiger partial charge in [0.05, 0.1) is 79.6 Å². The van der Waals surface area contributed by atoms with Gasteiger partial charge in [-0.1, -0.05) is 0 Å². The number of hydrogen-bond acceptors (Lipinski definition) is 21. The van der Waals surface area contributed by atoms with Crippen LogP contribution >= 0.6 is 28.6 Å². The van der Waals surface area contributed by atoms with Gasteiger partial charge in [-0.2, -0.15) is 5.26 Å². The minimum absolute atomic E-state index is 0. The summed E-state index contributed by atoms with van der Waals surface area (Å²) < 4.78 is 218. The zero-order chi connectivity index (χ0) is 88.6. The number of hydrogen-bond donors (Lipinski definition) is 6. The molecule has 0 amide bonds. The van der Waals surface area contributed by atoms with Crippen LogP contribution in [-0.4, -0.2) is 181 Å². The second kappa shape index (κ2) is 49.1. The Labute approximate surface area is 672 Å². The Bertz CT molecular complexity index is 5180. The predicted octanol–water partition coefficient (Wildman–Crippen LogP) is 14.3. The number of aliphatic imine (C=N–C) groups is 1. The average Bonchev–Trinajstić information content (AvgIpc) is 0.771. The summed E-state index contributed by atoms with van der Waals surface area (Å²) in [5.74, 6) is -25.4. The Hall–Kier alpha value is -9.88. The number of fused-ring (bicyclic) bond motifs is 2. The maximum absolute atomic E-state index is 13.9. The summed E-state index contributed by atoms with van der Waals surface area (Å²) in [6, 6.07) is 7.36. The Morgan fingerprint density at radius 3 is 1.17 bits per heavy atom. The number of ketones is 1. The summed E-state index contributed by atoms with van der Waals surface area (Å²) in [4.78, 5) is 115. The molecule has 115 heavy (non-hydrogen) atoms. The fraction of sp³-hybridized carbons (Fsp3) is 0.314. The zero-order valence-electron chi connectivity index (χ0n) is 63.3. The molecule has 0 aliphatic heterocycles. The molecule has 2 heterocycles.